The number of anilines is 2. The number of hydrogen-bond donors (Lipinski definition) is 3. The molecule has 2 aromatic heterocycles. The Kier molecular flexibility index (Phi) is 5.86. The van der Waals surface area contributed by atoms with E-state index in [9.17, 15) is 14.4 Å². The number of rotatable bonds is 5. The maximum absolute atomic E-state index is 14.3. The summed E-state index contributed by atoms with van der Waals surface area (Å²) < 4.78 is 19.7. The lowest BCUT2D eigenvalue weighted by Gasteiger charge is -2.23. The summed E-state index contributed by atoms with van der Waals surface area (Å²) in [7, 11) is 0. The summed E-state index contributed by atoms with van der Waals surface area (Å²) in [5.74, 6) is -0.541. The zero-order valence-electron chi connectivity index (χ0n) is 16.6. The van der Waals surface area contributed by atoms with E-state index < -0.39 is 5.82 Å². The fourth-order valence-electron chi connectivity index (χ4n) is 3.45. The highest BCUT2D eigenvalue weighted by molar-refractivity contribution is 5.99. The van der Waals surface area contributed by atoms with Gasteiger partial charge in [-0.15, -0.1) is 0 Å². The predicted molar refractivity (Wildman–Crippen MR) is 111 cm³/mol. The SMILES string of the molecule is N#Cc1c(N)ncnc1NCc1nc2c(F)cccc2cc1C(=O)NC1CCOCC1. The Balaban J connectivity index is 1.67. The van der Waals surface area contributed by atoms with Gasteiger partial charge in [0.1, 0.15) is 40.9 Å². The van der Waals surface area contributed by atoms with Gasteiger partial charge in [-0.2, -0.15) is 5.26 Å². The number of hydrogen-bond acceptors (Lipinski definition) is 8. The number of carbonyl (C=O) groups excluding carboxylic acids is 1. The molecule has 1 aromatic carbocycles. The molecule has 1 saturated heterocycles. The third-order valence-electron chi connectivity index (χ3n) is 5.09. The van der Waals surface area contributed by atoms with Gasteiger partial charge < -0.3 is 21.1 Å². The number of pyridine rings is 1. The van der Waals surface area contributed by atoms with Crippen molar-refractivity contribution in [2.75, 3.05) is 24.3 Å². The summed E-state index contributed by atoms with van der Waals surface area (Å²) in [6, 6.07) is 8.15. The number of nitrogens with one attached hydrogen (secondary N) is 2. The summed E-state index contributed by atoms with van der Waals surface area (Å²) in [5, 5.41) is 15.8. The van der Waals surface area contributed by atoms with E-state index in [-0.39, 0.29) is 41.2 Å². The molecule has 3 heterocycles. The van der Waals surface area contributed by atoms with Gasteiger partial charge >= 0.3 is 0 Å². The van der Waals surface area contributed by atoms with Crippen molar-refractivity contribution in [3.05, 3.63) is 53.2 Å². The molecule has 3 aromatic rings. The molecule has 0 aliphatic carbocycles. The molecule has 9 nitrogen and oxygen atoms in total. The lowest BCUT2D eigenvalue weighted by atomic mass is 10.1. The molecule has 1 aliphatic heterocycles. The second-order valence-electron chi connectivity index (χ2n) is 7.10. The Labute approximate surface area is 177 Å². The first-order valence-corrected chi connectivity index (χ1v) is 9.78. The van der Waals surface area contributed by atoms with E-state index in [4.69, 9.17) is 10.5 Å². The molecule has 31 heavy (non-hydrogen) atoms. The number of amides is 1. The van der Waals surface area contributed by atoms with Crippen LogP contribution in [0.5, 0.6) is 0 Å². The number of halogens is 1. The van der Waals surface area contributed by atoms with Crippen molar-refractivity contribution in [1.82, 2.24) is 20.3 Å². The zero-order chi connectivity index (χ0) is 21.8. The molecule has 0 atom stereocenters. The Morgan fingerprint density at radius 1 is 1.32 bits per heavy atom. The minimum atomic E-state index is -0.487. The summed E-state index contributed by atoms with van der Waals surface area (Å²) in [6.07, 6.45) is 2.67. The lowest BCUT2D eigenvalue weighted by molar-refractivity contribution is 0.0696. The zero-order valence-corrected chi connectivity index (χ0v) is 16.6. The molecule has 0 spiro atoms. The van der Waals surface area contributed by atoms with Gasteiger partial charge in [0.25, 0.3) is 5.91 Å². The fraction of sp³-hybridized carbons (Fsp3) is 0.286. The first kappa shape index (κ1) is 20.4. The molecule has 1 fully saturated rings. The van der Waals surface area contributed by atoms with E-state index in [2.05, 4.69) is 25.6 Å². The van der Waals surface area contributed by atoms with Crippen molar-refractivity contribution in [1.29, 1.82) is 5.26 Å². The number of benzene rings is 1. The standard InChI is InChI=1S/C21H20FN7O2/c22-16-3-1-2-12-8-14(21(30)28-13-4-6-31-7-5-13)17(29-18(12)16)10-25-20-15(9-23)19(24)26-11-27-20/h1-3,8,11,13H,4-7,10H2,(H,28,30)(H3,24,25,26,27). The highest BCUT2D eigenvalue weighted by Crippen LogP contribution is 2.22. The van der Waals surface area contributed by atoms with E-state index in [0.717, 1.165) is 12.8 Å². The van der Waals surface area contributed by atoms with Gasteiger partial charge in [-0.25, -0.2) is 19.3 Å². The molecule has 0 bridgehead atoms. The van der Waals surface area contributed by atoms with Crippen LogP contribution in [-0.2, 0) is 11.3 Å². The summed E-state index contributed by atoms with van der Waals surface area (Å²) in [6.45, 7) is 1.21. The first-order chi connectivity index (χ1) is 15.1. The number of aromatic nitrogens is 3. The van der Waals surface area contributed by atoms with Gasteiger partial charge in [0.05, 0.1) is 17.8 Å². The van der Waals surface area contributed by atoms with Crippen LogP contribution in [0, 0.1) is 17.1 Å². The van der Waals surface area contributed by atoms with Crippen molar-refractivity contribution in [2.24, 2.45) is 0 Å². The molecule has 10 heteroatoms. The summed E-state index contributed by atoms with van der Waals surface area (Å²) in [5.41, 5.74) is 6.61. The van der Waals surface area contributed by atoms with Gasteiger partial charge in [-0.05, 0) is 25.0 Å². The number of nitrogens with two attached hydrogens (primary N) is 1. The number of nitrogen functional groups attached to an aromatic ring is 1. The fourth-order valence-corrected chi connectivity index (χ4v) is 3.45. The average molecular weight is 421 g/mol. The van der Waals surface area contributed by atoms with Gasteiger partial charge in [0.15, 0.2) is 0 Å². The van der Waals surface area contributed by atoms with Gasteiger partial charge in [-0.3, -0.25) is 4.79 Å². The Morgan fingerprint density at radius 2 is 2.13 bits per heavy atom. The molecule has 158 valence electrons. The number of carbonyl (C=O) groups is 1. The number of nitrogens with zero attached hydrogens (tertiary/aromatic N) is 4. The molecule has 0 saturated carbocycles. The van der Waals surface area contributed by atoms with Crippen molar-refractivity contribution in [2.45, 2.75) is 25.4 Å². The van der Waals surface area contributed by atoms with Crippen LogP contribution in [0.2, 0.25) is 0 Å². The van der Waals surface area contributed by atoms with Gasteiger partial charge in [0.2, 0.25) is 0 Å². The van der Waals surface area contributed by atoms with Crippen LogP contribution in [0.15, 0.2) is 30.6 Å². The Bertz CT molecular complexity index is 1170. The van der Waals surface area contributed by atoms with Crippen LogP contribution in [0.25, 0.3) is 10.9 Å². The van der Waals surface area contributed by atoms with E-state index in [1.165, 1.54) is 12.4 Å². The average Bonchev–Trinajstić information content (AvgIpc) is 2.78. The topological polar surface area (TPSA) is 139 Å². The van der Waals surface area contributed by atoms with Crippen molar-refractivity contribution in [3.63, 3.8) is 0 Å². The molecular weight excluding hydrogens is 401 g/mol. The molecule has 1 aliphatic rings. The highest BCUT2D eigenvalue weighted by Gasteiger charge is 2.21. The first-order valence-electron chi connectivity index (χ1n) is 9.78. The van der Waals surface area contributed by atoms with E-state index in [0.29, 0.717) is 29.9 Å². The monoisotopic (exact) mass is 421 g/mol. The number of para-hydroxylation sites is 1. The number of nitriles is 1. The van der Waals surface area contributed by atoms with Crippen LogP contribution in [0.3, 0.4) is 0 Å². The van der Waals surface area contributed by atoms with E-state index >= 15 is 0 Å². The van der Waals surface area contributed by atoms with E-state index in [1.807, 2.05) is 6.07 Å². The highest BCUT2D eigenvalue weighted by atomic mass is 19.1. The second kappa shape index (κ2) is 8.89. The summed E-state index contributed by atoms with van der Waals surface area (Å²) in [4.78, 5) is 25.3. The number of fused-ring (bicyclic) bond motifs is 1. The second-order valence-corrected chi connectivity index (χ2v) is 7.10. The molecule has 0 radical (unpaired) electrons. The van der Waals surface area contributed by atoms with Crippen molar-refractivity contribution < 1.29 is 13.9 Å². The smallest absolute Gasteiger partial charge is 0.253 e. The molecule has 0 unspecified atom stereocenters. The summed E-state index contributed by atoms with van der Waals surface area (Å²) >= 11 is 0. The predicted octanol–water partition coefficient (Wildman–Crippen LogP) is 2.14. The van der Waals surface area contributed by atoms with Crippen molar-refractivity contribution in [3.8, 4) is 6.07 Å². The quantitative estimate of drug-likeness (QED) is 0.569. The Morgan fingerprint density at radius 3 is 2.90 bits per heavy atom. The minimum absolute atomic E-state index is 0.00267. The third kappa shape index (κ3) is 4.36. The van der Waals surface area contributed by atoms with Crippen LogP contribution in [-0.4, -0.2) is 40.1 Å². The van der Waals surface area contributed by atoms with Crippen molar-refractivity contribution >= 4 is 28.4 Å². The van der Waals surface area contributed by atoms with Crippen LogP contribution in [0.4, 0.5) is 16.0 Å². The van der Waals surface area contributed by atoms with Gasteiger partial charge in [-0.1, -0.05) is 12.1 Å². The minimum Gasteiger partial charge on any atom is -0.382 e. The largest absolute Gasteiger partial charge is 0.382 e. The van der Waals surface area contributed by atoms with Crippen LogP contribution >= 0.6 is 0 Å². The normalized spacial score (nSPS) is 14.2. The van der Waals surface area contributed by atoms with E-state index in [1.54, 1.807) is 18.2 Å². The molecular formula is C21H20FN7O2. The molecule has 1 amide bonds. The Hall–Kier alpha value is -3.84. The maximum Gasteiger partial charge on any atom is 0.253 e. The van der Waals surface area contributed by atoms with Gasteiger partial charge in [0, 0.05) is 24.6 Å². The molecule has 4 rings (SSSR count). The lowest BCUT2D eigenvalue weighted by Crippen LogP contribution is -2.39. The third-order valence-corrected chi connectivity index (χ3v) is 5.09. The number of ether oxygens (including phenoxy) is 1. The molecule has 4 N–H and O–H groups in total. The maximum atomic E-state index is 14.3. The van der Waals surface area contributed by atoms with Crippen LogP contribution in [0.1, 0.15) is 34.5 Å². The van der Waals surface area contributed by atoms with Crippen LogP contribution < -0.4 is 16.4 Å².